The Morgan fingerprint density at radius 3 is 2.65 bits per heavy atom. The molecule has 1 aromatic heterocycles. The van der Waals surface area contributed by atoms with E-state index >= 15 is 0 Å². The highest BCUT2D eigenvalue weighted by molar-refractivity contribution is 7.16. The second-order valence-corrected chi connectivity index (χ2v) is 6.19. The number of nitrogens with zero attached hydrogens (tertiary/aromatic N) is 1. The number of benzene rings is 2. The number of para-hydroxylation sites is 1. The average Bonchev–Trinajstić information content (AvgIpc) is 2.81. The summed E-state index contributed by atoms with van der Waals surface area (Å²) < 4.78 is 40.8. The standard InChI is InChI=1S/C15H10ClF3N2OS/c16-11-6-5-9(7-10(11)15(17,18)19)20-8-21-12-3-1-2-4-13(12)23-14(21)22/h1-7,20H,8H2. The number of anilines is 1. The predicted molar refractivity (Wildman–Crippen MR) is 86.2 cm³/mol. The van der Waals surface area contributed by atoms with Crippen LogP contribution in [0.2, 0.25) is 5.02 Å². The molecule has 23 heavy (non-hydrogen) atoms. The molecule has 2 aromatic carbocycles. The van der Waals surface area contributed by atoms with E-state index in [9.17, 15) is 18.0 Å². The molecule has 8 heteroatoms. The van der Waals surface area contributed by atoms with Crippen LogP contribution in [-0.2, 0) is 12.8 Å². The van der Waals surface area contributed by atoms with Crippen molar-refractivity contribution in [2.45, 2.75) is 12.8 Å². The first-order chi connectivity index (χ1) is 10.9. The zero-order valence-corrected chi connectivity index (χ0v) is 13.1. The maximum Gasteiger partial charge on any atom is 0.417 e. The molecule has 0 saturated carbocycles. The minimum Gasteiger partial charge on any atom is -0.367 e. The summed E-state index contributed by atoms with van der Waals surface area (Å²) in [6, 6.07) is 10.8. The summed E-state index contributed by atoms with van der Waals surface area (Å²) in [5.74, 6) is 0. The largest absolute Gasteiger partial charge is 0.417 e. The lowest BCUT2D eigenvalue weighted by Crippen LogP contribution is -2.18. The van der Waals surface area contributed by atoms with E-state index in [1.807, 2.05) is 12.1 Å². The van der Waals surface area contributed by atoms with Gasteiger partial charge in [-0.05, 0) is 30.3 Å². The minimum atomic E-state index is -4.53. The van der Waals surface area contributed by atoms with E-state index in [-0.39, 0.29) is 22.3 Å². The van der Waals surface area contributed by atoms with Crippen LogP contribution in [-0.4, -0.2) is 4.57 Å². The number of hydrogen-bond acceptors (Lipinski definition) is 3. The van der Waals surface area contributed by atoms with Crippen molar-refractivity contribution in [3.63, 3.8) is 0 Å². The Morgan fingerprint density at radius 2 is 1.91 bits per heavy atom. The lowest BCUT2D eigenvalue weighted by molar-refractivity contribution is -0.137. The van der Waals surface area contributed by atoms with Crippen LogP contribution in [0, 0.1) is 0 Å². The summed E-state index contributed by atoms with van der Waals surface area (Å²) in [7, 11) is 0. The highest BCUT2D eigenvalue weighted by Crippen LogP contribution is 2.36. The topological polar surface area (TPSA) is 34.0 Å². The Kier molecular flexibility index (Phi) is 4.08. The SMILES string of the molecule is O=c1sc2ccccc2n1CNc1ccc(Cl)c(C(F)(F)F)c1. The molecule has 0 radical (unpaired) electrons. The molecular weight excluding hydrogens is 349 g/mol. The Labute approximate surface area is 137 Å². The molecule has 0 fully saturated rings. The van der Waals surface area contributed by atoms with Gasteiger partial charge in [0.15, 0.2) is 0 Å². The van der Waals surface area contributed by atoms with Crippen molar-refractivity contribution >= 4 is 38.8 Å². The third-order valence-corrected chi connectivity index (χ3v) is 4.58. The molecule has 1 heterocycles. The summed E-state index contributed by atoms with van der Waals surface area (Å²) >= 11 is 6.67. The second-order valence-electron chi connectivity index (χ2n) is 4.79. The van der Waals surface area contributed by atoms with Crippen molar-refractivity contribution in [3.8, 4) is 0 Å². The van der Waals surface area contributed by atoms with E-state index in [0.717, 1.165) is 27.6 Å². The van der Waals surface area contributed by atoms with Crippen molar-refractivity contribution in [2.75, 3.05) is 5.32 Å². The van der Waals surface area contributed by atoms with Gasteiger partial charge in [-0.1, -0.05) is 35.1 Å². The van der Waals surface area contributed by atoms with Crippen LogP contribution in [0.3, 0.4) is 0 Å². The molecule has 120 valence electrons. The Bertz CT molecular complexity index is 917. The van der Waals surface area contributed by atoms with Gasteiger partial charge in [0, 0.05) is 5.69 Å². The number of halogens is 4. The molecular formula is C15H10ClF3N2OS. The summed E-state index contributed by atoms with van der Waals surface area (Å²) in [5.41, 5.74) is 0.0654. The van der Waals surface area contributed by atoms with Crippen LogP contribution >= 0.6 is 22.9 Å². The van der Waals surface area contributed by atoms with Crippen LogP contribution in [0.25, 0.3) is 10.2 Å². The summed E-state index contributed by atoms with van der Waals surface area (Å²) in [6.45, 7) is 0.0712. The van der Waals surface area contributed by atoms with E-state index in [1.54, 1.807) is 12.1 Å². The third-order valence-electron chi connectivity index (χ3n) is 3.29. The molecule has 3 aromatic rings. The molecule has 0 saturated heterocycles. The number of thiazole rings is 1. The van der Waals surface area contributed by atoms with Crippen molar-refractivity contribution in [3.05, 3.63) is 62.7 Å². The lowest BCUT2D eigenvalue weighted by atomic mass is 10.2. The van der Waals surface area contributed by atoms with Crippen LogP contribution in [0.4, 0.5) is 18.9 Å². The summed E-state index contributed by atoms with van der Waals surface area (Å²) in [5, 5.41) is 2.47. The van der Waals surface area contributed by atoms with Crippen molar-refractivity contribution in [2.24, 2.45) is 0 Å². The van der Waals surface area contributed by atoms with Crippen LogP contribution in [0.5, 0.6) is 0 Å². The highest BCUT2D eigenvalue weighted by atomic mass is 35.5. The summed E-state index contributed by atoms with van der Waals surface area (Å²) in [4.78, 5) is 11.8. The number of alkyl halides is 3. The quantitative estimate of drug-likeness (QED) is 0.729. The summed E-state index contributed by atoms with van der Waals surface area (Å²) in [6.07, 6.45) is -4.53. The van der Waals surface area contributed by atoms with Gasteiger partial charge in [-0.3, -0.25) is 9.36 Å². The Hall–Kier alpha value is -1.99. The predicted octanol–water partition coefficient (Wildman–Crippen LogP) is 4.80. The first kappa shape index (κ1) is 15.9. The molecule has 3 nitrogen and oxygen atoms in total. The van der Waals surface area contributed by atoms with Gasteiger partial charge in [0.05, 0.1) is 27.5 Å². The molecule has 0 atom stereocenters. The van der Waals surface area contributed by atoms with Gasteiger partial charge in [-0.25, -0.2) is 0 Å². The normalized spacial score (nSPS) is 11.8. The van der Waals surface area contributed by atoms with E-state index < -0.39 is 11.7 Å². The van der Waals surface area contributed by atoms with Gasteiger partial charge in [0.25, 0.3) is 0 Å². The monoisotopic (exact) mass is 358 g/mol. The van der Waals surface area contributed by atoms with Gasteiger partial charge >= 0.3 is 11.0 Å². The molecule has 0 aliphatic rings. The maximum absolute atomic E-state index is 12.8. The lowest BCUT2D eigenvalue weighted by Gasteiger charge is -2.13. The number of nitrogens with one attached hydrogen (secondary N) is 1. The maximum atomic E-state index is 12.8. The smallest absolute Gasteiger partial charge is 0.367 e. The molecule has 1 N–H and O–H groups in total. The first-order valence-corrected chi connectivity index (χ1v) is 7.75. The fraction of sp³-hybridized carbons (Fsp3) is 0.133. The number of hydrogen-bond donors (Lipinski definition) is 1. The number of aromatic nitrogens is 1. The van der Waals surface area contributed by atoms with E-state index in [1.165, 1.54) is 16.7 Å². The highest BCUT2D eigenvalue weighted by Gasteiger charge is 2.33. The molecule has 0 amide bonds. The molecule has 3 rings (SSSR count). The first-order valence-electron chi connectivity index (χ1n) is 6.55. The zero-order valence-electron chi connectivity index (χ0n) is 11.5. The van der Waals surface area contributed by atoms with Crippen molar-refractivity contribution in [1.82, 2.24) is 4.57 Å². The number of rotatable bonds is 3. The van der Waals surface area contributed by atoms with Crippen LogP contribution in [0.1, 0.15) is 5.56 Å². The Balaban J connectivity index is 1.89. The van der Waals surface area contributed by atoms with Crippen LogP contribution in [0.15, 0.2) is 47.3 Å². The van der Waals surface area contributed by atoms with Gasteiger partial charge in [-0.2, -0.15) is 13.2 Å². The van der Waals surface area contributed by atoms with Crippen molar-refractivity contribution < 1.29 is 13.2 Å². The Morgan fingerprint density at radius 1 is 1.17 bits per heavy atom. The van der Waals surface area contributed by atoms with Gasteiger partial charge in [0.1, 0.15) is 0 Å². The molecule has 0 spiro atoms. The average molecular weight is 359 g/mol. The van der Waals surface area contributed by atoms with E-state index in [2.05, 4.69) is 5.32 Å². The second kappa shape index (κ2) is 5.90. The zero-order chi connectivity index (χ0) is 16.6. The van der Waals surface area contributed by atoms with Crippen molar-refractivity contribution in [1.29, 1.82) is 0 Å². The fourth-order valence-corrected chi connectivity index (χ4v) is 3.30. The van der Waals surface area contributed by atoms with Gasteiger partial charge in [0.2, 0.25) is 0 Å². The molecule has 0 aliphatic carbocycles. The third kappa shape index (κ3) is 3.20. The van der Waals surface area contributed by atoms with Gasteiger partial charge in [-0.15, -0.1) is 0 Å². The van der Waals surface area contributed by atoms with E-state index in [0.29, 0.717) is 0 Å². The number of fused-ring (bicyclic) bond motifs is 1. The van der Waals surface area contributed by atoms with Crippen LogP contribution < -0.4 is 10.2 Å². The van der Waals surface area contributed by atoms with E-state index in [4.69, 9.17) is 11.6 Å². The minimum absolute atomic E-state index is 0.0712. The van der Waals surface area contributed by atoms with Gasteiger partial charge < -0.3 is 5.32 Å². The molecule has 0 unspecified atom stereocenters. The molecule has 0 aliphatic heterocycles. The molecule has 0 bridgehead atoms. The fourth-order valence-electron chi connectivity index (χ4n) is 2.19.